The minimum absolute atomic E-state index is 0.146. The van der Waals surface area contributed by atoms with Crippen LogP contribution in [0.5, 0.6) is 0 Å². The Bertz CT molecular complexity index is 1630. The number of aromatic carboxylic acids is 1. The second kappa shape index (κ2) is 8.19. The number of para-hydroxylation sites is 1. The average Bonchev–Trinajstić information content (AvgIpc) is 3.19. The molecular formula is C27H23N3O4. The molecule has 3 aromatic carbocycles. The molecule has 2 heterocycles. The predicted octanol–water partition coefficient (Wildman–Crippen LogP) is 5.53. The van der Waals surface area contributed by atoms with Crippen LogP contribution in [-0.2, 0) is 7.05 Å². The van der Waals surface area contributed by atoms with E-state index in [9.17, 15) is 14.7 Å². The molecule has 0 aliphatic heterocycles. The van der Waals surface area contributed by atoms with Crippen molar-refractivity contribution in [2.24, 2.45) is 7.05 Å². The molecule has 7 heteroatoms. The van der Waals surface area contributed by atoms with Crippen LogP contribution >= 0.6 is 0 Å². The lowest BCUT2D eigenvalue weighted by Crippen LogP contribution is -2.12. The predicted molar refractivity (Wildman–Crippen MR) is 132 cm³/mol. The van der Waals surface area contributed by atoms with Gasteiger partial charge in [0.25, 0.3) is 0 Å². The number of benzene rings is 3. The molecule has 2 N–H and O–H groups in total. The molecule has 1 atom stereocenters. The highest BCUT2D eigenvalue weighted by Gasteiger charge is 2.19. The lowest BCUT2D eigenvalue weighted by Gasteiger charge is -2.19. The first kappa shape index (κ1) is 21.5. The van der Waals surface area contributed by atoms with Gasteiger partial charge in [0.1, 0.15) is 16.9 Å². The fourth-order valence-electron chi connectivity index (χ4n) is 4.36. The van der Waals surface area contributed by atoms with Crippen molar-refractivity contribution in [3.05, 3.63) is 93.8 Å². The van der Waals surface area contributed by atoms with E-state index in [1.54, 1.807) is 28.9 Å². The van der Waals surface area contributed by atoms with Gasteiger partial charge in [-0.15, -0.1) is 0 Å². The number of aromatic nitrogens is 2. The van der Waals surface area contributed by atoms with Gasteiger partial charge in [-0.05, 0) is 43.7 Å². The van der Waals surface area contributed by atoms with Crippen LogP contribution in [0.4, 0.5) is 5.69 Å². The summed E-state index contributed by atoms with van der Waals surface area (Å²) in [7, 11) is 1.85. The van der Waals surface area contributed by atoms with Crippen LogP contribution in [0.15, 0.2) is 76.1 Å². The van der Waals surface area contributed by atoms with Crippen molar-refractivity contribution in [2.75, 3.05) is 5.32 Å². The van der Waals surface area contributed by atoms with Gasteiger partial charge in [0.2, 0.25) is 0 Å². The molecule has 0 fully saturated rings. The fourth-order valence-corrected chi connectivity index (χ4v) is 4.36. The van der Waals surface area contributed by atoms with Crippen LogP contribution in [0.1, 0.15) is 34.5 Å². The SMILES string of the molecule is Cc1cc([C@@H](C)Nc2ccccc2C(=O)O)c2oc(-c3cccc4cn(C)nc34)cc(=O)c2c1. The quantitative estimate of drug-likeness (QED) is 0.363. The Labute approximate surface area is 195 Å². The Morgan fingerprint density at radius 1 is 1.12 bits per heavy atom. The summed E-state index contributed by atoms with van der Waals surface area (Å²) in [5.41, 5.74) is 4.16. The molecule has 170 valence electrons. The number of carboxylic acid groups (broad SMARTS) is 1. The Morgan fingerprint density at radius 3 is 2.71 bits per heavy atom. The summed E-state index contributed by atoms with van der Waals surface area (Å²) in [5.74, 6) is -0.577. The number of carboxylic acids is 1. The Kier molecular flexibility index (Phi) is 5.17. The van der Waals surface area contributed by atoms with Crippen LogP contribution in [-0.4, -0.2) is 20.9 Å². The Balaban J connectivity index is 1.68. The van der Waals surface area contributed by atoms with Gasteiger partial charge in [-0.1, -0.05) is 30.3 Å². The molecule has 0 aliphatic carbocycles. The average molecular weight is 453 g/mol. The summed E-state index contributed by atoms with van der Waals surface area (Å²) >= 11 is 0. The molecule has 0 spiro atoms. The van der Waals surface area contributed by atoms with Crippen molar-refractivity contribution in [3.63, 3.8) is 0 Å². The fraction of sp³-hybridized carbons (Fsp3) is 0.148. The number of nitrogens with zero attached hydrogens (tertiary/aromatic N) is 2. The van der Waals surface area contributed by atoms with Crippen molar-refractivity contribution in [1.29, 1.82) is 0 Å². The van der Waals surface area contributed by atoms with Crippen LogP contribution in [0.2, 0.25) is 0 Å². The van der Waals surface area contributed by atoms with Crippen LogP contribution in [0.25, 0.3) is 33.2 Å². The summed E-state index contributed by atoms with van der Waals surface area (Å²) in [4.78, 5) is 24.8. The number of fused-ring (bicyclic) bond motifs is 2. The maximum Gasteiger partial charge on any atom is 0.337 e. The van der Waals surface area contributed by atoms with E-state index in [1.807, 2.05) is 57.4 Å². The first-order chi connectivity index (χ1) is 16.3. The lowest BCUT2D eigenvalue weighted by atomic mass is 10.00. The molecule has 0 saturated carbocycles. The van der Waals surface area contributed by atoms with Crippen molar-refractivity contribution in [3.8, 4) is 11.3 Å². The molecule has 34 heavy (non-hydrogen) atoms. The number of hydrogen-bond acceptors (Lipinski definition) is 5. The monoisotopic (exact) mass is 453 g/mol. The van der Waals surface area contributed by atoms with Crippen LogP contribution in [0, 0.1) is 6.92 Å². The normalized spacial score (nSPS) is 12.2. The first-order valence-corrected chi connectivity index (χ1v) is 10.9. The van der Waals surface area contributed by atoms with Crippen molar-refractivity contribution in [1.82, 2.24) is 9.78 Å². The van der Waals surface area contributed by atoms with E-state index in [1.165, 1.54) is 6.07 Å². The summed E-state index contributed by atoms with van der Waals surface area (Å²) in [6.45, 7) is 3.84. The topological polar surface area (TPSA) is 97.4 Å². The first-order valence-electron chi connectivity index (χ1n) is 10.9. The summed E-state index contributed by atoms with van der Waals surface area (Å²) in [6, 6.07) is 17.5. The van der Waals surface area contributed by atoms with Crippen LogP contribution in [0.3, 0.4) is 0 Å². The summed E-state index contributed by atoms with van der Waals surface area (Å²) in [5, 5.41) is 18.8. The number of hydrogen-bond donors (Lipinski definition) is 2. The van der Waals surface area contributed by atoms with Gasteiger partial charge in [-0.3, -0.25) is 9.48 Å². The smallest absolute Gasteiger partial charge is 0.337 e. The number of nitrogens with one attached hydrogen (secondary N) is 1. The van der Waals surface area contributed by atoms with Crippen molar-refractivity contribution in [2.45, 2.75) is 19.9 Å². The zero-order valence-electron chi connectivity index (χ0n) is 19.0. The minimum atomic E-state index is -1.01. The van der Waals surface area contributed by atoms with E-state index in [0.717, 1.165) is 27.6 Å². The largest absolute Gasteiger partial charge is 0.478 e. The zero-order chi connectivity index (χ0) is 24.0. The number of anilines is 1. The van der Waals surface area contributed by atoms with E-state index in [-0.39, 0.29) is 17.0 Å². The molecule has 0 unspecified atom stereocenters. The van der Waals surface area contributed by atoms with Gasteiger partial charge in [-0.2, -0.15) is 5.10 Å². The second-order valence-corrected chi connectivity index (χ2v) is 8.47. The third-order valence-electron chi connectivity index (χ3n) is 5.91. The molecule has 2 aromatic heterocycles. The third kappa shape index (κ3) is 3.71. The van der Waals surface area contributed by atoms with E-state index in [2.05, 4.69) is 10.4 Å². The van der Waals surface area contributed by atoms with Gasteiger partial charge in [0.05, 0.1) is 17.0 Å². The van der Waals surface area contributed by atoms with Gasteiger partial charge >= 0.3 is 5.97 Å². The molecule has 0 bridgehead atoms. The minimum Gasteiger partial charge on any atom is -0.478 e. The Morgan fingerprint density at radius 2 is 1.91 bits per heavy atom. The lowest BCUT2D eigenvalue weighted by molar-refractivity contribution is 0.0698. The van der Waals surface area contributed by atoms with Crippen molar-refractivity contribution >= 4 is 33.5 Å². The highest BCUT2D eigenvalue weighted by molar-refractivity contribution is 5.95. The molecule has 0 aliphatic rings. The number of carbonyl (C=O) groups is 1. The summed E-state index contributed by atoms with van der Waals surface area (Å²) in [6.07, 6.45) is 1.92. The Hall–Kier alpha value is -4.39. The molecule has 7 nitrogen and oxygen atoms in total. The van der Waals surface area contributed by atoms with Crippen LogP contribution < -0.4 is 10.7 Å². The molecular weight excluding hydrogens is 430 g/mol. The van der Waals surface area contributed by atoms with Gasteiger partial charge in [0, 0.05) is 41.5 Å². The van der Waals surface area contributed by atoms with Gasteiger partial charge in [-0.25, -0.2) is 4.79 Å². The molecule has 5 rings (SSSR count). The van der Waals surface area contributed by atoms with Crippen molar-refractivity contribution < 1.29 is 14.3 Å². The summed E-state index contributed by atoms with van der Waals surface area (Å²) < 4.78 is 8.09. The zero-order valence-corrected chi connectivity index (χ0v) is 19.0. The molecule has 0 amide bonds. The van der Waals surface area contributed by atoms with E-state index in [4.69, 9.17) is 4.42 Å². The molecule has 5 aromatic rings. The van der Waals surface area contributed by atoms with Gasteiger partial charge in [0.15, 0.2) is 5.43 Å². The molecule has 0 saturated heterocycles. The third-order valence-corrected chi connectivity index (χ3v) is 5.91. The van der Waals surface area contributed by atoms with Gasteiger partial charge < -0.3 is 14.8 Å². The second-order valence-electron chi connectivity index (χ2n) is 8.47. The highest BCUT2D eigenvalue weighted by Crippen LogP contribution is 2.33. The number of aryl methyl sites for hydroxylation is 2. The van der Waals surface area contributed by atoms with E-state index < -0.39 is 5.97 Å². The molecule has 0 radical (unpaired) electrons. The maximum atomic E-state index is 13.2. The van der Waals surface area contributed by atoms with E-state index >= 15 is 0 Å². The standard InChI is InChI=1S/C27H23N3O4/c1-15-11-20(16(2)28-22-10-5-4-8-18(22)27(32)33)26-21(12-15)23(31)13-24(34-26)19-9-6-7-17-14-30(3)29-25(17)19/h4-14,16,28H,1-3H3,(H,32,33)/t16-/m1/s1. The highest BCUT2D eigenvalue weighted by atomic mass is 16.4. The number of rotatable bonds is 5. The maximum absolute atomic E-state index is 13.2. The van der Waals surface area contributed by atoms with E-state index in [0.29, 0.717) is 22.4 Å².